The minimum atomic E-state index is -0.729. The van der Waals surface area contributed by atoms with E-state index in [9.17, 15) is 14.0 Å². The summed E-state index contributed by atoms with van der Waals surface area (Å²) < 4.78 is 24.9. The minimum absolute atomic E-state index is 0.166. The van der Waals surface area contributed by atoms with Gasteiger partial charge in [-0.2, -0.15) is 0 Å². The van der Waals surface area contributed by atoms with Crippen molar-refractivity contribution in [1.82, 2.24) is 0 Å². The van der Waals surface area contributed by atoms with Crippen LogP contribution < -0.4 is 5.32 Å². The second-order valence-corrected chi connectivity index (χ2v) is 11.7. The molecule has 0 bridgehead atoms. The summed E-state index contributed by atoms with van der Waals surface area (Å²) in [5.74, 6) is -0.705. The van der Waals surface area contributed by atoms with E-state index in [1.54, 1.807) is 19.9 Å². The summed E-state index contributed by atoms with van der Waals surface area (Å²) in [5, 5.41) is 2.98. The van der Waals surface area contributed by atoms with Gasteiger partial charge in [-0.1, -0.05) is 71.7 Å². The third-order valence-electron chi connectivity index (χ3n) is 6.94. The van der Waals surface area contributed by atoms with Crippen molar-refractivity contribution in [2.45, 2.75) is 38.2 Å². The molecule has 0 radical (unpaired) electrons. The minimum Gasteiger partial charge on any atom is -0.465 e. The van der Waals surface area contributed by atoms with Crippen LogP contribution >= 0.6 is 34.5 Å². The number of thiophene rings is 1. The number of carbonyl (C=O) groups is 2. The smallest absolute Gasteiger partial charge is 0.412 e. The number of halogens is 3. The maximum Gasteiger partial charge on any atom is 0.412 e. The van der Waals surface area contributed by atoms with Gasteiger partial charge in [-0.25, -0.2) is 9.18 Å². The van der Waals surface area contributed by atoms with Crippen LogP contribution in [0.5, 0.6) is 0 Å². The molecule has 0 aliphatic heterocycles. The number of benzene rings is 3. The van der Waals surface area contributed by atoms with E-state index in [1.165, 1.54) is 29.5 Å². The lowest BCUT2D eigenvalue weighted by Gasteiger charge is -2.19. The lowest BCUT2D eigenvalue weighted by Crippen LogP contribution is -2.23. The monoisotopic (exact) mass is 597 g/mol. The van der Waals surface area contributed by atoms with Gasteiger partial charge in [-0.3, -0.25) is 10.1 Å². The highest BCUT2D eigenvalue weighted by Gasteiger charge is 2.53. The number of carbonyl (C=O) groups excluding carboxylic acids is 2. The fraction of sp³-hybridized carbons (Fsp3) is 0.226. The summed E-state index contributed by atoms with van der Waals surface area (Å²) in [6, 6.07) is 21.4. The number of ether oxygens (including phenoxy) is 2. The Hall–Kier alpha value is -3.39. The van der Waals surface area contributed by atoms with Crippen molar-refractivity contribution >= 4 is 52.3 Å². The number of hydrogen-bond acceptors (Lipinski definition) is 5. The number of esters is 1. The Labute approximate surface area is 245 Å². The van der Waals surface area contributed by atoms with E-state index in [0.29, 0.717) is 35.0 Å². The standard InChI is InChI=1S/C31H26Cl2FNO4S/c1-3-38-29(36)31(13-14-31)20-9-11-23(19-7-5-4-6-8-19)24(15-20)28-26(17-27(33)40-28)35-30(37)39-18(2)22-12-10-21(34)16-25(22)32/h4-12,15-18H,3,13-14H2,1-2H3,(H,35,37). The summed E-state index contributed by atoms with van der Waals surface area (Å²) in [5.41, 5.74) is 3.85. The number of rotatable bonds is 8. The van der Waals surface area contributed by atoms with Gasteiger partial charge < -0.3 is 9.47 Å². The van der Waals surface area contributed by atoms with Gasteiger partial charge >= 0.3 is 12.1 Å². The van der Waals surface area contributed by atoms with Gasteiger partial charge in [0.15, 0.2) is 0 Å². The number of anilines is 1. The van der Waals surface area contributed by atoms with Crippen molar-refractivity contribution in [2.75, 3.05) is 11.9 Å². The zero-order chi connectivity index (χ0) is 28.4. The molecule has 0 saturated heterocycles. The van der Waals surface area contributed by atoms with E-state index in [4.69, 9.17) is 32.7 Å². The molecule has 0 spiro atoms. The summed E-state index contributed by atoms with van der Waals surface area (Å²) in [6.07, 6.45) is -0.0236. The summed E-state index contributed by atoms with van der Waals surface area (Å²) in [7, 11) is 0. The SMILES string of the molecule is CCOC(=O)C1(c2ccc(-c3ccccc3)c(-c3sc(Cl)cc3NC(=O)OC(C)c3ccc(F)cc3Cl)c2)CC1. The molecule has 1 unspecified atom stereocenters. The molecule has 4 aromatic rings. The van der Waals surface area contributed by atoms with E-state index in [0.717, 1.165) is 27.1 Å². The maximum atomic E-state index is 13.5. The number of nitrogens with one attached hydrogen (secondary N) is 1. The fourth-order valence-corrected chi connectivity index (χ4v) is 6.28. The molecule has 1 fully saturated rings. The lowest BCUT2D eigenvalue weighted by atomic mass is 9.89. The maximum absolute atomic E-state index is 13.5. The molecule has 1 aromatic heterocycles. The lowest BCUT2D eigenvalue weighted by molar-refractivity contribution is -0.146. The van der Waals surface area contributed by atoms with Crippen molar-refractivity contribution in [1.29, 1.82) is 0 Å². The Morgan fingerprint density at radius 3 is 2.45 bits per heavy atom. The van der Waals surface area contributed by atoms with Crippen molar-refractivity contribution in [3.63, 3.8) is 0 Å². The van der Waals surface area contributed by atoms with Crippen LogP contribution in [0.3, 0.4) is 0 Å². The highest BCUT2D eigenvalue weighted by atomic mass is 35.5. The van der Waals surface area contributed by atoms with Gasteiger partial charge in [0.2, 0.25) is 0 Å². The first-order chi connectivity index (χ1) is 19.2. The quantitative estimate of drug-likeness (QED) is 0.205. The molecule has 1 atom stereocenters. The zero-order valence-corrected chi connectivity index (χ0v) is 24.1. The van der Waals surface area contributed by atoms with E-state index in [1.807, 2.05) is 48.5 Å². The van der Waals surface area contributed by atoms with Crippen LogP contribution in [0.25, 0.3) is 21.6 Å². The Morgan fingerprint density at radius 1 is 1.02 bits per heavy atom. The number of hydrogen-bond donors (Lipinski definition) is 1. The molecule has 3 aromatic carbocycles. The first-order valence-corrected chi connectivity index (χ1v) is 14.4. The van der Waals surface area contributed by atoms with Crippen molar-refractivity contribution < 1.29 is 23.5 Å². The molecule has 1 N–H and O–H groups in total. The van der Waals surface area contributed by atoms with Crippen LogP contribution in [0.1, 0.15) is 43.9 Å². The highest BCUT2D eigenvalue weighted by molar-refractivity contribution is 7.20. The van der Waals surface area contributed by atoms with Crippen LogP contribution in [0.15, 0.2) is 72.8 Å². The normalized spacial score (nSPS) is 14.3. The summed E-state index contributed by atoms with van der Waals surface area (Å²) in [4.78, 5) is 26.6. The van der Waals surface area contributed by atoms with Crippen LogP contribution in [-0.4, -0.2) is 18.7 Å². The largest absolute Gasteiger partial charge is 0.465 e. The van der Waals surface area contributed by atoms with Crippen molar-refractivity contribution in [2.24, 2.45) is 0 Å². The zero-order valence-electron chi connectivity index (χ0n) is 21.8. The second-order valence-electron chi connectivity index (χ2n) is 9.56. The Morgan fingerprint density at radius 2 is 1.77 bits per heavy atom. The topological polar surface area (TPSA) is 64.6 Å². The molecule has 1 heterocycles. The predicted molar refractivity (Wildman–Crippen MR) is 158 cm³/mol. The summed E-state index contributed by atoms with van der Waals surface area (Å²) in [6.45, 7) is 3.77. The average molecular weight is 599 g/mol. The summed E-state index contributed by atoms with van der Waals surface area (Å²) >= 11 is 13.9. The van der Waals surface area contributed by atoms with Crippen molar-refractivity contribution in [3.8, 4) is 21.6 Å². The van der Waals surface area contributed by atoms with Crippen molar-refractivity contribution in [3.05, 3.63) is 99.1 Å². The highest BCUT2D eigenvalue weighted by Crippen LogP contribution is 2.52. The molecular formula is C31H26Cl2FNO4S. The molecule has 40 heavy (non-hydrogen) atoms. The first-order valence-electron chi connectivity index (χ1n) is 12.8. The second kappa shape index (κ2) is 11.6. The Bertz CT molecular complexity index is 1570. The van der Waals surface area contributed by atoms with Gasteiger partial charge in [-0.05, 0) is 67.6 Å². The Kier molecular flexibility index (Phi) is 8.17. The molecule has 5 rings (SSSR count). The fourth-order valence-electron chi connectivity index (χ4n) is 4.75. The van der Waals surface area contributed by atoms with Crippen LogP contribution in [-0.2, 0) is 19.7 Å². The van der Waals surface area contributed by atoms with Crippen LogP contribution in [0, 0.1) is 5.82 Å². The van der Waals surface area contributed by atoms with Gasteiger partial charge in [-0.15, -0.1) is 11.3 Å². The van der Waals surface area contributed by atoms with Crippen LogP contribution in [0.4, 0.5) is 14.9 Å². The predicted octanol–water partition coefficient (Wildman–Crippen LogP) is 9.43. The van der Waals surface area contributed by atoms with E-state index in [2.05, 4.69) is 5.32 Å². The molecule has 1 aliphatic rings. The van der Waals surface area contributed by atoms with E-state index < -0.39 is 23.4 Å². The first kappa shape index (κ1) is 28.1. The molecule has 5 nitrogen and oxygen atoms in total. The molecule has 1 amide bonds. The Balaban J connectivity index is 1.50. The van der Waals surface area contributed by atoms with Gasteiger partial charge in [0.25, 0.3) is 0 Å². The number of amides is 1. The molecule has 9 heteroatoms. The molecule has 1 aliphatic carbocycles. The van der Waals surface area contributed by atoms with E-state index >= 15 is 0 Å². The molecule has 206 valence electrons. The van der Waals surface area contributed by atoms with Gasteiger partial charge in [0, 0.05) is 11.1 Å². The van der Waals surface area contributed by atoms with Gasteiger partial charge in [0.1, 0.15) is 11.9 Å². The molecule has 1 saturated carbocycles. The van der Waals surface area contributed by atoms with Crippen LogP contribution in [0.2, 0.25) is 9.36 Å². The van der Waals surface area contributed by atoms with E-state index in [-0.39, 0.29) is 11.0 Å². The third-order valence-corrected chi connectivity index (χ3v) is 8.57. The third kappa shape index (κ3) is 5.73. The van der Waals surface area contributed by atoms with Gasteiger partial charge in [0.05, 0.1) is 31.9 Å². The molecular weight excluding hydrogens is 572 g/mol. The average Bonchev–Trinajstić information content (AvgIpc) is 3.66.